The summed E-state index contributed by atoms with van der Waals surface area (Å²) in [6.07, 6.45) is 2.11. The minimum atomic E-state index is -0.0480. The van der Waals surface area contributed by atoms with E-state index in [1.807, 2.05) is 17.0 Å². The largest absolute Gasteiger partial charge is 0.454 e. The summed E-state index contributed by atoms with van der Waals surface area (Å²) in [4.78, 5) is 21.4. The number of nitrogens with zero attached hydrogens (tertiary/aromatic N) is 3. The number of carbonyl (C=O) groups excluding carboxylic acids is 1. The molecule has 1 aromatic carbocycles. The lowest BCUT2D eigenvalue weighted by molar-refractivity contribution is 0.174. The zero-order valence-electron chi connectivity index (χ0n) is 13.3. The lowest BCUT2D eigenvalue weighted by Crippen LogP contribution is -2.43. The Morgan fingerprint density at radius 1 is 1.38 bits per heavy atom. The van der Waals surface area contributed by atoms with Gasteiger partial charge in [0, 0.05) is 6.54 Å². The molecule has 0 spiro atoms. The Labute approximate surface area is 143 Å². The first-order valence-electron chi connectivity index (χ1n) is 8.18. The molecule has 0 aliphatic carbocycles. The Morgan fingerprint density at radius 2 is 2.29 bits per heavy atom. The van der Waals surface area contributed by atoms with Crippen molar-refractivity contribution in [1.29, 1.82) is 0 Å². The molecule has 7 nitrogen and oxygen atoms in total. The number of urea groups is 1. The van der Waals surface area contributed by atoms with Crippen molar-refractivity contribution >= 4 is 32.7 Å². The number of hydrogen-bond donors (Lipinski definition) is 1. The van der Waals surface area contributed by atoms with Crippen LogP contribution in [0.15, 0.2) is 12.1 Å². The first kappa shape index (κ1) is 14.3. The summed E-state index contributed by atoms with van der Waals surface area (Å²) in [7, 11) is 2.11. The number of rotatable bonds is 1. The third kappa shape index (κ3) is 2.06. The Kier molecular flexibility index (Phi) is 3.11. The predicted octanol–water partition coefficient (Wildman–Crippen LogP) is 2.02. The van der Waals surface area contributed by atoms with Gasteiger partial charge in [-0.25, -0.2) is 9.78 Å². The molecular formula is C16H18N4O3S. The Bertz CT molecular complexity index is 823. The third-order valence-electron chi connectivity index (χ3n) is 4.97. The minimum absolute atomic E-state index is 0.0480. The van der Waals surface area contributed by atoms with E-state index in [1.54, 1.807) is 0 Å². The topological polar surface area (TPSA) is 66.9 Å². The second-order valence-electron chi connectivity index (χ2n) is 6.54. The van der Waals surface area contributed by atoms with Crippen LogP contribution in [0.4, 0.5) is 9.93 Å². The van der Waals surface area contributed by atoms with E-state index >= 15 is 0 Å². The number of aromatic nitrogens is 1. The van der Waals surface area contributed by atoms with E-state index in [9.17, 15) is 4.79 Å². The fourth-order valence-electron chi connectivity index (χ4n) is 3.80. The molecule has 8 heteroatoms. The maximum absolute atomic E-state index is 12.6. The van der Waals surface area contributed by atoms with Crippen LogP contribution in [0.1, 0.15) is 12.8 Å². The van der Waals surface area contributed by atoms with Gasteiger partial charge in [-0.2, -0.15) is 0 Å². The summed E-state index contributed by atoms with van der Waals surface area (Å²) < 4.78 is 12.0. The molecular weight excluding hydrogens is 328 g/mol. The summed E-state index contributed by atoms with van der Waals surface area (Å²) in [5, 5.41) is 3.86. The van der Waals surface area contributed by atoms with Gasteiger partial charge in [-0.1, -0.05) is 11.3 Å². The summed E-state index contributed by atoms with van der Waals surface area (Å²) in [6.45, 7) is 2.15. The summed E-state index contributed by atoms with van der Waals surface area (Å²) in [5.41, 5.74) is 0.781. The van der Waals surface area contributed by atoms with Gasteiger partial charge in [0.1, 0.15) is 5.52 Å². The van der Waals surface area contributed by atoms with E-state index in [-0.39, 0.29) is 24.9 Å². The Morgan fingerprint density at radius 3 is 3.21 bits per heavy atom. The summed E-state index contributed by atoms with van der Waals surface area (Å²) >= 11 is 1.53. The number of hydrogen-bond acceptors (Lipinski definition) is 6. The summed E-state index contributed by atoms with van der Waals surface area (Å²) in [5.74, 6) is 1.40. The molecule has 1 aromatic heterocycles. The van der Waals surface area contributed by atoms with Crippen LogP contribution in [0.3, 0.4) is 0 Å². The van der Waals surface area contributed by atoms with E-state index in [1.165, 1.54) is 11.3 Å². The van der Waals surface area contributed by atoms with Crippen molar-refractivity contribution in [3.63, 3.8) is 0 Å². The fraction of sp³-hybridized carbons (Fsp3) is 0.500. The van der Waals surface area contributed by atoms with E-state index in [4.69, 9.17) is 14.5 Å². The number of likely N-dealkylation sites (tertiary alicyclic amines) is 1. The minimum Gasteiger partial charge on any atom is -0.454 e. The lowest BCUT2D eigenvalue weighted by Gasteiger charge is -2.25. The number of nitrogens with one attached hydrogen (secondary N) is 1. The maximum Gasteiger partial charge on any atom is 0.324 e. The molecule has 2 saturated heterocycles. The molecule has 3 aliphatic heterocycles. The van der Waals surface area contributed by atoms with Crippen LogP contribution in [-0.2, 0) is 0 Å². The average molecular weight is 346 g/mol. The highest BCUT2D eigenvalue weighted by molar-refractivity contribution is 7.22. The molecule has 2 atom stereocenters. The van der Waals surface area contributed by atoms with Crippen molar-refractivity contribution < 1.29 is 14.3 Å². The van der Waals surface area contributed by atoms with Gasteiger partial charge in [0.2, 0.25) is 6.79 Å². The van der Waals surface area contributed by atoms with Crippen molar-refractivity contribution in [2.24, 2.45) is 0 Å². The molecule has 2 unspecified atom stereocenters. The first-order valence-corrected chi connectivity index (χ1v) is 9.00. The van der Waals surface area contributed by atoms with Crippen molar-refractivity contribution in [2.75, 3.05) is 31.8 Å². The van der Waals surface area contributed by atoms with Gasteiger partial charge in [-0.05, 0) is 38.6 Å². The van der Waals surface area contributed by atoms with Crippen molar-refractivity contribution in [2.45, 2.75) is 24.9 Å². The second-order valence-corrected chi connectivity index (χ2v) is 7.55. The second kappa shape index (κ2) is 5.22. The monoisotopic (exact) mass is 346 g/mol. The number of benzene rings is 1. The lowest BCUT2D eigenvalue weighted by atomic mass is 10.1. The van der Waals surface area contributed by atoms with Gasteiger partial charge in [-0.15, -0.1) is 0 Å². The molecule has 4 heterocycles. The SMILES string of the molecule is CN1CCCC2NC(=O)N(c3nc4c5c(ccc4s3)OCO5)C2C1. The van der Waals surface area contributed by atoms with Crippen molar-refractivity contribution in [3.05, 3.63) is 12.1 Å². The van der Waals surface area contributed by atoms with E-state index in [0.717, 1.165) is 47.0 Å². The van der Waals surface area contributed by atoms with E-state index in [2.05, 4.69) is 17.3 Å². The quantitative estimate of drug-likeness (QED) is 0.856. The van der Waals surface area contributed by atoms with Gasteiger partial charge in [0.15, 0.2) is 16.6 Å². The molecule has 24 heavy (non-hydrogen) atoms. The number of fused-ring (bicyclic) bond motifs is 4. The van der Waals surface area contributed by atoms with E-state index < -0.39 is 0 Å². The summed E-state index contributed by atoms with van der Waals surface area (Å²) in [6, 6.07) is 4.15. The number of thiazole rings is 1. The van der Waals surface area contributed by atoms with Crippen LogP contribution >= 0.6 is 11.3 Å². The van der Waals surface area contributed by atoms with Gasteiger partial charge in [0.25, 0.3) is 0 Å². The zero-order valence-corrected chi connectivity index (χ0v) is 14.1. The van der Waals surface area contributed by atoms with Crippen LogP contribution in [0.5, 0.6) is 11.5 Å². The van der Waals surface area contributed by atoms with Gasteiger partial charge in [0.05, 0.1) is 16.8 Å². The smallest absolute Gasteiger partial charge is 0.324 e. The van der Waals surface area contributed by atoms with Crippen molar-refractivity contribution in [1.82, 2.24) is 15.2 Å². The van der Waals surface area contributed by atoms with Crippen LogP contribution < -0.4 is 19.7 Å². The highest BCUT2D eigenvalue weighted by Crippen LogP contribution is 2.43. The average Bonchev–Trinajstić information content (AvgIpc) is 3.21. The first-order chi connectivity index (χ1) is 11.7. The molecule has 2 fully saturated rings. The number of anilines is 1. The van der Waals surface area contributed by atoms with Gasteiger partial charge in [-0.3, -0.25) is 4.90 Å². The number of amides is 2. The number of likely N-dealkylation sites (N-methyl/N-ethyl adjacent to an activating group) is 1. The molecule has 3 aliphatic rings. The normalized spacial score (nSPS) is 26.5. The van der Waals surface area contributed by atoms with Crippen molar-refractivity contribution in [3.8, 4) is 11.5 Å². The van der Waals surface area contributed by atoms with Gasteiger partial charge < -0.3 is 19.7 Å². The zero-order chi connectivity index (χ0) is 16.3. The molecule has 0 radical (unpaired) electrons. The molecule has 2 amide bonds. The third-order valence-corrected chi connectivity index (χ3v) is 5.99. The molecule has 5 rings (SSSR count). The van der Waals surface area contributed by atoms with Crippen LogP contribution in [0.2, 0.25) is 0 Å². The fourth-order valence-corrected chi connectivity index (χ4v) is 4.82. The molecule has 126 valence electrons. The molecule has 1 N–H and O–H groups in total. The predicted molar refractivity (Wildman–Crippen MR) is 91.1 cm³/mol. The molecule has 2 aromatic rings. The Hall–Kier alpha value is -2.06. The number of ether oxygens (including phenoxy) is 2. The van der Waals surface area contributed by atoms with Crippen LogP contribution in [-0.4, -0.2) is 54.9 Å². The number of carbonyl (C=O) groups is 1. The molecule has 0 saturated carbocycles. The van der Waals surface area contributed by atoms with Gasteiger partial charge >= 0.3 is 6.03 Å². The highest BCUT2D eigenvalue weighted by atomic mass is 32.1. The standard InChI is InChI=1S/C16H18N4O3S/c1-19-6-2-3-9-10(7-19)20(15(21)17-9)16-18-13-12(24-16)5-4-11-14(13)23-8-22-11/h4-5,9-10H,2-3,6-8H2,1H3,(H,17,21). The molecule has 0 bridgehead atoms. The van der Waals surface area contributed by atoms with Crippen LogP contribution in [0.25, 0.3) is 10.2 Å². The van der Waals surface area contributed by atoms with E-state index in [0.29, 0.717) is 5.75 Å². The highest BCUT2D eigenvalue weighted by Gasteiger charge is 2.43. The Balaban J connectivity index is 1.57. The van der Waals surface area contributed by atoms with Crippen LogP contribution in [0, 0.1) is 0 Å². The maximum atomic E-state index is 12.6.